The lowest BCUT2D eigenvalue weighted by Crippen LogP contribution is -2.43. The van der Waals surface area contributed by atoms with E-state index in [1.807, 2.05) is 0 Å². The highest BCUT2D eigenvalue weighted by Gasteiger charge is 2.37. The van der Waals surface area contributed by atoms with Crippen molar-refractivity contribution < 1.29 is 18.9 Å². The van der Waals surface area contributed by atoms with Crippen molar-refractivity contribution in [1.29, 1.82) is 0 Å². The highest BCUT2D eigenvalue weighted by molar-refractivity contribution is 7.80. The Morgan fingerprint density at radius 1 is 0.161 bits per heavy atom. The van der Waals surface area contributed by atoms with E-state index in [0.29, 0.717) is 46.6 Å². The molecule has 0 rings (SSSR count). The summed E-state index contributed by atoms with van der Waals surface area (Å²) in [5, 5.41) is 2.68. The fourth-order valence-electron chi connectivity index (χ4n) is 13.4. The van der Waals surface area contributed by atoms with Gasteiger partial charge in [-0.25, -0.2) is 0 Å². The summed E-state index contributed by atoms with van der Waals surface area (Å²) < 4.78 is 26.3. The molecule has 0 radical (unpaired) electrons. The fraction of sp³-hybridized carbons (Fsp3) is 0.953. The van der Waals surface area contributed by atoms with E-state index in [1.165, 1.54) is 411 Å². The van der Waals surface area contributed by atoms with Crippen molar-refractivity contribution >= 4 is 69.1 Å². The first kappa shape index (κ1) is 92.6. The molecular weight excluding hydrogens is 1210 g/mol. The van der Waals surface area contributed by atoms with Crippen molar-refractivity contribution in [3.63, 3.8) is 0 Å². The minimum atomic E-state index is -0.673. The van der Waals surface area contributed by atoms with E-state index in [4.69, 9.17) is 67.8 Å². The zero-order chi connectivity index (χ0) is 67.4. The molecule has 4 nitrogen and oxygen atoms in total. The van der Waals surface area contributed by atoms with Gasteiger partial charge in [-0.05, 0) is 74.6 Å². The lowest BCUT2D eigenvalue weighted by molar-refractivity contribution is -0.0163. The maximum atomic E-state index is 6.59. The number of hydrogen-bond donors (Lipinski definition) is 0. The molecular formula is C85H164O4S4. The monoisotopic (exact) mass is 1380 g/mol. The average Bonchev–Trinajstić information content (AvgIpc) is 1.69. The van der Waals surface area contributed by atoms with Crippen LogP contribution in [0.1, 0.15) is 490 Å². The van der Waals surface area contributed by atoms with Gasteiger partial charge in [-0.1, -0.05) is 439 Å². The van der Waals surface area contributed by atoms with Gasteiger partial charge in [0, 0.05) is 25.7 Å². The van der Waals surface area contributed by atoms with Crippen molar-refractivity contribution in [2.45, 2.75) is 490 Å². The second-order valence-corrected chi connectivity index (χ2v) is 31.6. The van der Waals surface area contributed by atoms with Crippen molar-refractivity contribution in [2.24, 2.45) is 5.41 Å². The molecule has 552 valence electrons. The van der Waals surface area contributed by atoms with Crippen LogP contribution in [-0.2, 0) is 18.9 Å². The Hall–Kier alpha value is -0.440. The molecule has 0 bridgehead atoms. The summed E-state index contributed by atoms with van der Waals surface area (Å²) in [5.74, 6) is 0. The molecule has 0 aliphatic rings. The maximum absolute atomic E-state index is 6.59. The van der Waals surface area contributed by atoms with Crippen molar-refractivity contribution in [2.75, 3.05) is 26.4 Å². The smallest absolute Gasteiger partial charge is 0.159 e. The average molecular weight is 1380 g/mol. The number of unbranched alkanes of at least 4 members (excludes halogenated alkanes) is 64. The molecule has 0 aliphatic carbocycles. The Morgan fingerprint density at radius 2 is 0.258 bits per heavy atom. The molecule has 0 spiro atoms. The molecule has 0 aromatic rings. The Labute approximate surface area is 605 Å². The normalized spacial score (nSPS) is 11.7. The zero-order valence-electron chi connectivity index (χ0n) is 63.5. The number of hydrogen-bond acceptors (Lipinski definition) is 8. The van der Waals surface area contributed by atoms with Crippen LogP contribution in [0.25, 0.3) is 0 Å². The van der Waals surface area contributed by atoms with E-state index in [2.05, 4.69) is 27.7 Å². The van der Waals surface area contributed by atoms with Crippen LogP contribution in [0.3, 0.4) is 0 Å². The zero-order valence-corrected chi connectivity index (χ0v) is 66.8. The van der Waals surface area contributed by atoms with E-state index in [9.17, 15) is 0 Å². The standard InChI is InChI=1S/C85H164O4S4/c1-5-9-13-17-21-25-29-33-37-41-45-49-53-57-61-65-69-73-81(90)86-77-85(78-87-82(91)74-70-66-62-58-54-50-46-42-38-34-30-26-22-18-14-10-6-2,79-88-83(92)75-71-67-63-59-55-51-47-43-39-35-31-27-23-19-15-11-7-3)80-89-84(93)76-72-68-64-60-56-52-48-44-40-36-32-28-24-20-16-12-8-4/h5-80H2,1-4H3. The van der Waals surface area contributed by atoms with Gasteiger partial charge < -0.3 is 18.9 Å². The molecule has 0 unspecified atom stereocenters. The summed E-state index contributed by atoms with van der Waals surface area (Å²) in [4.78, 5) is 0. The van der Waals surface area contributed by atoms with E-state index in [0.717, 1.165) is 51.4 Å². The Balaban J connectivity index is 5.39. The molecule has 0 amide bonds. The van der Waals surface area contributed by atoms with Gasteiger partial charge in [0.2, 0.25) is 0 Å². The first-order valence-corrected chi connectivity index (χ1v) is 44.1. The molecule has 0 N–H and O–H groups in total. The summed E-state index contributed by atoms with van der Waals surface area (Å²) in [6.07, 6.45) is 95.8. The largest absolute Gasteiger partial charge is 0.486 e. The Kier molecular flexibility index (Phi) is 78.5. The first-order valence-electron chi connectivity index (χ1n) is 42.4. The minimum absolute atomic E-state index is 0.329. The fourth-order valence-corrected chi connectivity index (χ4v) is 14.3. The minimum Gasteiger partial charge on any atom is -0.486 e. The van der Waals surface area contributed by atoms with Crippen molar-refractivity contribution in [3.05, 3.63) is 0 Å². The molecule has 0 aliphatic heterocycles. The first-order chi connectivity index (χ1) is 45.8. The van der Waals surface area contributed by atoms with Gasteiger partial charge in [0.25, 0.3) is 0 Å². The van der Waals surface area contributed by atoms with Crippen LogP contribution in [0, 0.1) is 5.41 Å². The lowest BCUT2D eigenvalue weighted by atomic mass is 9.92. The van der Waals surface area contributed by atoms with Crippen LogP contribution in [-0.4, -0.2) is 46.6 Å². The van der Waals surface area contributed by atoms with Gasteiger partial charge >= 0.3 is 0 Å². The van der Waals surface area contributed by atoms with Gasteiger partial charge in [-0.2, -0.15) is 0 Å². The third kappa shape index (κ3) is 74.1. The van der Waals surface area contributed by atoms with Crippen molar-refractivity contribution in [3.8, 4) is 0 Å². The second kappa shape index (κ2) is 78.9. The van der Waals surface area contributed by atoms with E-state index in [-0.39, 0.29) is 0 Å². The van der Waals surface area contributed by atoms with Gasteiger partial charge in [0.15, 0.2) is 20.2 Å². The summed E-state index contributed by atoms with van der Waals surface area (Å²) in [5.41, 5.74) is -0.673. The summed E-state index contributed by atoms with van der Waals surface area (Å²) in [7, 11) is 0. The molecule has 0 saturated carbocycles. The van der Waals surface area contributed by atoms with Crippen LogP contribution in [0.15, 0.2) is 0 Å². The van der Waals surface area contributed by atoms with Gasteiger partial charge in [-0.3, -0.25) is 0 Å². The number of ether oxygens (including phenoxy) is 4. The molecule has 0 saturated heterocycles. The quantitative estimate of drug-likeness (QED) is 0.0441. The SMILES string of the molecule is CCCCCCCCCCCCCCCCCCCC(=S)OCC(COC(=S)CCCCCCCCCCCCCCCCCCC)(COC(=S)CCCCCCCCCCCCCCCCCCC)COC(=S)CCCCCCCCCCCCCCCCCCC. The van der Waals surface area contributed by atoms with Gasteiger partial charge in [-0.15, -0.1) is 0 Å². The third-order valence-corrected chi connectivity index (χ3v) is 21.4. The van der Waals surface area contributed by atoms with Crippen LogP contribution in [0.2, 0.25) is 0 Å². The second-order valence-electron chi connectivity index (χ2n) is 29.8. The summed E-state index contributed by atoms with van der Waals surface area (Å²) >= 11 is 23.9. The Bertz CT molecular complexity index is 1300. The predicted molar refractivity (Wildman–Crippen MR) is 432 cm³/mol. The molecule has 0 aromatic heterocycles. The van der Waals surface area contributed by atoms with Crippen molar-refractivity contribution in [1.82, 2.24) is 0 Å². The number of rotatable bonds is 80. The Morgan fingerprint density at radius 3 is 0.366 bits per heavy atom. The van der Waals surface area contributed by atoms with E-state index < -0.39 is 5.41 Å². The predicted octanol–water partition coefficient (Wildman–Crippen LogP) is 31.5. The number of thiocarbonyl (C=S) groups is 4. The molecule has 93 heavy (non-hydrogen) atoms. The lowest BCUT2D eigenvalue weighted by Gasteiger charge is -2.33. The van der Waals surface area contributed by atoms with Gasteiger partial charge in [0.05, 0.1) is 0 Å². The van der Waals surface area contributed by atoms with E-state index in [1.54, 1.807) is 0 Å². The molecule has 0 atom stereocenters. The highest BCUT2D eigenvalue weighted by atomic mass is 32.1. The van der Waals surface area contributed by atoms with Crippen LogP contribution in [0.4, 0.5) is 0 Å². The van der Waals surface area contributed by atoms with E-state index >= 15 is 0 Å². The molecule has 0 aromatic carbocycles. The van der Waals surface area contributed by atoms with Gasteiger partial charge in [0.1, 0.15) is 31.8 Å². The topological polar surface area (TPSA) is 36.9 Å². The molecule has 0 fully saturated rings. The van der Waals surface area contributed by atoms with Crippen LogP contribution < -0.4 is 0 Å². The highest BCUT2D eigenvalue weighted by Crippen LogP contribution is 2.26. The third-order valence-electron chi connectivity index (χ3n) is 20.1. The molecule has 0 heterocycles. The maximum Gasteiger partial charge on any atom is 0.159 e. The van der Waals surface area contributed by atoms with Crippen LogP contribution in [0.5, 0.6) is 0 Å². The summed E-state index contributed by atoms with van der Waals surface area (Å²) in [6, 6.07) is 0. The summed E-state index contributed by atoms with van der Waals surface area (Å²) in [6.45, 7) is 10.5. The molecule has 8 heteroatoms. The van der Waals surface area contributed by atoms with Crippen LogP contribution >= 0.6 is 48.9 Å².